The molecule has 2 aliphatic rings. The van der Waals surface area contributed by atoms with Gasteiger partial charge in [-0.05, 0) is 83.9 Å². The van der Waals surface area contributed by atoms with E-state index < -0.39 is 0 Å². The number of halogens is 2. The lowest BCUT2D eigenvalue weighted by molar-refractivity contribution is 0.0276. The summed E-state index contributed by atoms with van der Waals surface area (Å²) in [6.45, 7) is 4.93. The van der Waals surface area contributed by atoms with E-state index in [1.807, 2.05) is 48.5 Å². The molecule has 0 aliphatic carbocycles. The third kappa shape index (κ3) is 7.53. The molecule has 0 amide bonds. The Labute approximate surface area is 276 Å². The van der Waals surface area contributed by atoms with E-state index in [-0.39, 0.29) is 23.8 Å². The molecule has 48 heavy (non-hydrogen) atoms. The summed E-state index contributed by atoms with van der Waals surface area (Å²) in [6, 6.07) is 28.5. The van der Waals surface area contributed by atoms with Crippen LogP contribution in [0.25, 0.3) is 34.2 Å². The molecule has 12 heteroatoms. The minimum absolute atomic E-state index is 0.0957. The number of hydrogen-bond acceptors (Lipinski definition) is 8. The van der Waals surface area contributed by atoms with E-state index in [2.05, 4.69) is 30.8 Å². The summed E-state index contributed by atoms with van der Waals surface area (Å²) < 4.78 is 40.9. The number of ether oxygens (including phenoxy) is 2. The number of hydrogen-bond donors (Lipinski definition) is 2. The molecule has 2 N–H and O–H groups in total. The van der Waals surface area contributed by atoms with Gasteiger partial charge in [-0.25, -0.2) is 28.1 Å². The highest BCUT2D eigenvalue weighted by Crippen LogP contribution is 2.23. The van der Waals surface area contributed by atoms with Crippen LogP contribution in [0.5, 0.6) is 0 Å². The Morgan fingerprint density at radius 1 is 0.542 bits per heavy atom. The SMILES string of the molecule is Fc1ccc(-c2ncn(-c3ccc([C@@H]4CNCCO4)cc3)n2)cc1.Fc1ccc(-c2ncn(-c3ccc([C@H]4CNCCO4)cc3)n2)cc1. The average molecular weight is 649 g/mol. The molecule has 0 saturated carbocycles. The lowest BCUT2D eigenvalue weighted by Crippen LogP contribution is -2.33. The highest BCUT2D eigenvalue weighted by Gasteiger charge is 2.17. The first-order valence-corrected chi connectivity index (χ1v) is 15.8. The fourth-order valence-corrected chi connectivity index (χ4v) is 5.48. The number of benzene rings is 4. The molecule has 0 spiro atoms. The van der Waals surface area contributed by atoms with E-state index in [0.717, 1.165) is 73.0 Å². The molecular weight excluding hydrogens is 614 g/mol. The van der Waals surface area contributed by atoms with Crippen molar-refractivity contribution < 1.29 is 18.3 Å². The number of rotatable bonds is 6. The molecule has 8 rings (SSSR count). The second-order valence-electron chi connectivity index (χ2n) is 11.3. The molecular formula is C36H34F2N8O2. The fourth-order valence-electron chi connectivity index (χ4n) is 5.48. The quantitative estimate of drug-likeness (QED) is 0.245. The van der Waals surface area contributed by atoms with Crippen LogP contribution in [-0.2, 0) is 9.47 Å². The topological polar surface area (TPSA) is 104 Å². The average Bonchev–Trinajstić information content (AvgIpc) is 3.85. The predicted molar refractivity (Wildman–Crippen MR) is 177 cm³/mol. The maximum atomic E-state index is 13.0. The van der Waals surface area contributed by atoms with Crippen LogP contribution in [0.2, 0.25) is 0 Å². The first kappa shape index (κ1) is 31.5. The normalized spacial score (nSPS) is 17.8. The Bertz CT molecular complexity index is 1760. The van der Waals surface area contributed by atoms with Crippen LogP contribution in [0.15, 0.2) is 110 Å². The molecule has 4 heterocycles. The summed E-state index contributed by atoms with van der Waals surface area (Å²) in [5.74, 6) is 0.596. The molecule has 244 valence electrons. The van der Waals surface area contributed by atoms with Crippen LogP contribution < -0.4 is 10.6 Å². The van der Waals surface area contributed by atoms with Gasteiger partial charge in [0.05, 0.1) is 36.8 Å². The van der Waals surface area contributed by atoms with Gasteiger partial charge < -0.3 is 20.1 Å². The van der Waals surface area contributed by atoms with E-state index in [4.69, 9.17) is 9.47 Å². The maximum Gasteiger partial charge on any atom is 0.181 e. The Kier molecular flexibility index (Phi) is 9.66. The second-order valence-corrected chi connectivity index (χ2v) is 11.3. The Balaban J connectivity index is 0.000000152. The smallest absolute Gasteiger partial charge is 0.181 e. The third-order valence-corrected chi connectivity index (χ3v) is 8.10. The van der Waals surface area contributed by atoms with E-state index in [0.29, 0.717) is 11.6 Å². The van der Waals surface area contributed by atoms with E-state index >= 15 is 0 Å². The standard InChI is InChI=1S/2C18H17FN4O/c2*19-15-5-1-14(2-6-15)18-21-12-23(22-18)16-7-3-13(4-8-16)17-11-20-9-10-24-17/h2*1-8,12,17,20H,9-11H2/t2*17-/m10/s1. The van der Waals surface area contributed by atoms with Gasteiger partial charge in [0.2, 0.25) is 0 Å². The van der Waals surface area contributed by atoms with Crippen molar-refractivity contribution in [1.82, 2.24) is 40.2 Å². The van der Waals surface area contributed by atoms with Crippen molar-refractivity contribution in [2.24, 2.45) is 0 Å². The zero-order valence-electron chi connectivity index (χ0n) is 26.0. The number of aromatic nitrogens is 6. The van der Waals surface area contributed by atoms with Crippen LogP contribution in [0.4, 0.5) is 8.78 Å². The molecule has 10 nitrogen and oxygen atoms in total. The van der Waals surface area contributed by atoms with Crippen molar-refractivity contribution in [2.75, 3.05) is 39.4 Å². The van der Waals surface area contributed by atoms with Gasteiger partial charge in [0.1, 0.15) is 24.3 Å². The third-order valence-electron chi connectivity index (χ3n) is 8.10. The first-order valence-electron chi connectivity index (χ1n) is 15.8. The number of morpholine rings is 2. The molecule has 2 atom stereocenters. The van der Waals surface area contributed by atoms with Crippen LogP contribution >= 0.6 is 0 Å². The van der Waals surface area contributed by atoms with Gasteiger partial charge in [-0.15, -0.1) is 10.2 Å². The summed E-state index contributed by atoms with van der Waals surface area (Å²) in [6.07, 6.45) is 3.51. The minimum atomic E-state index is -0.270. The number of nitrogens with one attached hydrogen (secondary N) is 2. The molecule has 2 aromatic heterocycles. The Hall–Kier alpha value is -5.14. The Morgan fingerprint density at radius 2 is 0.938 bits per heavy atom. The van der Waals surface area contributed by atoms with Gasteiger partial charge >= 0.3 is 0 Å². The van der Waals surface area contributed by atoms with Gasteiger partial charge in [-0.1, -0.05) is 24.3 Å². The van der Waals surface area contributed by atoms with Crippen molar-refractivity contribution in [3.05, 3.63) is 132 Å². The van der Waals surface area contributed by atoms with Crippen molar-refractivity contribution in [3.63, 3.8) is 0 Å². The molecule has 0 bridgehead atoms. The van der Waals surface area contributed by atoms with Crippen molar-refractivity contribution in [3.8, 4) is 34.2 Å². The highest BCUT2D eigenvalue weighted by molar-refractivity contribution is 5.55. The van der Waals surface area contributed by atoms with Crippen molar-refractivity contribution >= 4 is 0 Å². The molecule has 2 saturated heterocycles. The minimum Gasteiger partial charge on any atom is -0.371 e. The summed E-state index contributed by atoms with van der Waals surface area (Å²) in [5, 5.41) is 15.6. The maximum absolute atomic E-state index is 13.0. The predicted octanol–water partition coefficient (Wildman–Crippen LogP) is 5.47. The van der Waals surface area contributed by atoms with Gasteiger partial charge in [-0.2, -0.15) is 0 Å². The highest BCUT2D eigenvalue weighted by atomic mass is 19.1. The van der Waals surface area contributed by atoms with E-state index in [1.165, 1.54) is 24.3 Å². The largest absolute Gasteiger partial charge is 0.371 e. The van der Waals surface area contributed by atoms with E-state index in [9.17, 15) is 8.78 Å². The molecule has 6 aromatic rings. The summed E-state index contributed by atoms with van der Waals surface area (Å²) in [4.78, 5) is 8.60. The van der Waals surface area contributed by atoms with Gasteiger partial charge in [0, 0.05) is 37.3 Å². The van der Waals surface area contributed by atoms with Crippen LogP contribution in [0, 0.1) is 11.6 Å². The number of nitrogens with zero attached hydrogens (tertiary/aromatic N) is 6. The van der Waals surface area contributed by atoms with Crippen LogP contribution in [0.3, 0.4) is 0 Å². The monoisotopic (exact) mass is 648 g/mol. The molecule has 0 radical (unpaired) electrons. The summed E-state index contributed by atoms with van der Waals surface area (Å²) >= 11 is 0. The van der Waals surface area contributed by atoms with Crippen LogP contribution in [0.1, 0.15) is 23.3 Å². The van der Waals surface area contributed by atoms with Crippen molar-refractivity contribution in [2.45, 2.75) is 12.2 Å². The van der Waals surface area contributed by atoms with E-state index in [1.54, 1.807) is 46.3 Å². The molecule has 0 unspecified atom stereocenters. The fraction of sp³-hybridized carbons (Fsp3) is 0.222. The lowest BCUT2D eigenvalue weighted by Gasteiger charge is -2.24. The lowest BCUT2D eigenvalue weighted by atomic mass is 10.1. The molecule has 2 aliphatic heterocycles. The van der Waals surface area contributed by atoms with Gasteiger partial charge in [0.15, 0.2) is 11.6 Å². The first-order chi connectivity index (χ1) is 23.6. The van der Waals surface area contributed by atoms with Crippen LogP contribution in [-0.4, -0.2) is 68.9 Å². The summed E-state index contributed by atoms with van der Waals surface area (Å²) in [7, 11) is 0. The summed E-state index contributed by atoms with van der Waals surface area (Å²) in [5.41, 5.74) is 5.70. The zero-order valence-corrected chi connectivity index (χ0v) is 26.0. The zero-order chi connectivity index (χ0) is 32.7. The van der Waals surface area contributed by atoms with Gasteiger partial charge in [-0.3, -0.25) is 0 Å². The Morgan fingerprint density at radius 3 is 1.29 bits per heavy atom. The van der Waals surface area contributed by atoms with Crippen molar-refractivity contribution in [1.29, 1.82) is 0 Å². The molecule has 2 fully saturated rings. The second kappa shape index (κ2) is 14.7. The molecule has 4 aromatic carbocycles. The van der Waals surface area contributed by atoms with Gasteiger partial charge in [0.25, 0.3) is 0 Å².